The van der Waals surface area contributed by atoms with Gasteiger partial charge in [-0.3, -0.25) is 14.8 Å². The molecule has 0 bridgehead atoms. The van der Waals surface area contributed by atoms with Crippen molar-refractivity contribution in [2.75, 3.05) is 11.9 Å². The highest BCUT2D eigenvalue weighted by atomic mass is 32.1. The molecule has 0 radical (unpaired) electrons. The number of hydrogen-bond donors (Lipinski definition) is 2. The number of anilines is 1. The molecule has 8 heteroatoms. The summed E-state index contributed by atoms with van der Waals surface area (Å²) in [7, 11) is 0. The SMILES string of the molecule is O=C(CCN1C(=S)N[C@@H](c2ccccn2)[C@H]1c1cccn1-c1cccnc1)Nc1ccccc1. The molecule has 1 aromatic carbocycles. The zero-order chi connectivity index (χ0) is 23.3. The van der Waals surface area contributed by atoms with Gasteiger partial charge in [0.15, 0.2) is 5.11 Å². The van der Waals surface area contributed by atoms with Gasteiger partial charge in [-0.25, -0.2) is 0 Å². The molecule has 3 aromatic heterocycles. The van der Waals surface area contributed by atoms with Crippen LogP contribution in [0.25, 0.3) is 5.69 Å². The van der Waals surface area contributed by atoms with Crippen LogP contribution in [0.2, 0.25) is 0 Å². The topological polar surface area (TPSA) is 75.1 Å². The average Bonchev–Trinajstić information content (AvgIpc) is 3.48. The van der Waals surface area contributed by atoms with Crippen molar-refractivity contribution in [1.82, 2.24) is 24.8 Å². The Morgan fingerprint density at radius 1 is 1.00 bits per heavy atom. The summed E-state index contributed by atoms with van der Waals surface area (Å²) < 4.78 is 2.11. The molecule has 170 valence electrons. The molecular formula is C26H24N6OS. The number of pyridine rings is 2. The Kier molecular flexibility index (Phi) is 6.31. The Morgan fingerprint density at radius 2 is 1.85 bits per heavy atom. The minimum atomic E-state index is -0.156. The number of nitrogens with one attached hydrogen (secondary N) is 2. The van der Waals surface area contributed by atoms with E-state index in [4.69, 9.17) is 12.2 Å². The van der Waals surface area contributed by atoms with Crippen molar-refractivity contribution in [2.45, 2.75) is 18.5 Å². The lowest BCUT2D eigenvalue weighted by atomic mass is 10.0. The van der Waals surface area contributed by atoms with Gasteiger partial charge in [-0.2, -0.15) is 0 Å². The summed E-state index contributed by atoms with van der Waals surface area (Å²) in [5, 5.41) is 7.00. The fourth-order valence-corrected chi connectivity index (χ4v) is 4.63. The summed E-state index contributed by atoms with van der Waals surface area (Å²) in [5.74, 6) is -0.0586. The maximum absolute atomic E-state index is 12.7. The number of carbonyl (C=O) groups is 1. The molecule has 5 rings (SSSR count). The van der Waals surface area contributed by atoms with Crippen LogP contribution < -0.4 is 10.6 Å². The molecule has 0 spiro atoms. The van der Waals surface area contributed by atoms with E-state index in [1.165, 1.54) is 0 Å². The molecule has 4 aromatic rings. The van der Waals surface area contributed by atoms with Crippen molar-refractivity contribution < 1.29 is 4.79 Å². The predicted molar refractivity (Wildman–Crippen MR) is 135 cm³/mol. The van der Waals surface area contributed by atoms with Crippen LogP contribution in [-0.4, -0.2) is 37.0 Å². The van der Waals surface area contributed by atoms with Gasteiger partial charge < -0.3 is 20.1 Å². The van der Waals surface area contributed by atoms with Gasteiger partial charge in [0.2, 0.25) is 5.91 Å². The zero-order valence-corrected chi connectivity index (χ0v) is 19.2. The highest BCUT2D eigenvalue weighted by Crippen LogP contribution is 2.39. The predicted octanol–water partition coefficient (Wildman–Crippen LogP) is 4.27. The van der Waals surface area contributed by atoms with Crippen LogP contribution in [0.15, 0.2) is 97.6 Å². The second-order valence-corrected chi connectivity index (χ2v) is 8.39. The maximum Gasteiger partial charge on any atom is 0.226 e. The van der Waals surface area contributed by atoms with Crippen molar-refractivity contribution in [3.05, 3.63) is 109 Å². The maximum atomic E-state index is 12.7. The molecule has 1 fully saturated rings. The van der Waals surface area contributed by atoms with Crippen LogP contribution in [0.1, 0.15) is 29.9 Å². The lowest BCUT2D eigenvalue weighted by Crippen LogP contribution is -2.33. The highest BCUT2D eigenvalue weighted by Gasteiger charge is 2.41. The third-order valence-corrected chi connectivity index (χ3v) is 6.19. The van der Waals surface area contributed by atoms with Gasteiger partial charge in [0.05, 0.1) is 29.7 Å². The van der Waals surface area contributed by atoms with Crippen molar-refractivity contribution in [3.8, 4) is 5.69 Å². The van der Waals surface area contributed by atoms with Crippen LogP contribution in [-0.2, 0) is 4.79 Å². The Labute approximate surface area is 203 Å². The second-order valence-electron chi connectivity index (χ2n) is 8.00. The molecule has 34 heavy (non-hydrogen) atoms. The molecular weight excluding hydrogens is 444 g/mol. The second kappa shape index (κ2) is 9.84. The smallest absolute Gasteiger partial charge is 0.226 e. The summed E-state index contributed by atoms with van der Waals surface area (Å²) in [5.41, 5.74) is 3.68. The minimum absolute atomic E-state index is 0.0586. The molecule has 1 amide bonds. The fraction of sp³-hybridized carbons (Fsp3) is 0.154. The van der Waals surface area contributed by atoms with E-state index in [1.54, 1.807) is 12.4 Å². The fourth-order valence-electron chi connectivity index (χ4n) is 4.30. The molecule has 4 heterocycles. The van der Waals surface area contributed by atoms with Crippen LogP contribution >= 0.6 is 12.2 Å². The molecule has 2 N–H and O–H groups in total. The molecule has 1 aliphatic heterocycles. The minimum Gasteiger partial charge on any atom is -0.352 e. The van der Waals surface area contributed by atoms with Crippen LogP contribution in [0, 0.1) is 0 Å². The summed E-state index contributed by atoms with van der Waals surface area (Å²) in [6.07, 6.45) is 7.69. The number of carbonyl (C=O) groups excluding carboxylic acids is 1. The summed E-state index contributed by atoms with van der Waals surface area (Å²) in [4.78, 5) is 23.6. The first-order chi connectivity index (χ1) is 16.7. The Hall–Kier alpha value is -4.04. The van der Waals surface area contributed by atoms with Crippen molar-refractivity contribution in [3.63, 3.8) is 0 Å². The number of benzene rings is 1. The van der Waals surface area contributed by atoms with Crippen molar-refractivity contribution >= 4 is 28.9 Å². The van der Waals surface area contributed by atoms with E-state index in [1.807, 2.05) is 79.1 Å². The van der Waals surface area contributed by atoms with Gasteiger partial charge in [-0.1, -0.05) is 24.3 Å². The third kappa shape index (κ3) is 4.53. The highest BCUT2D eigenvalue weighted by molar-refractivity contribution is 7.80. The number of rotatable bonds is 7. The molecule has 2 atom stereocenters. The number of thiocarbonyl (C=S) groups is 1. The average molecular weight is 469 g/mol. The number of aromatic nitrogens is 3. The van der Waals surface area contributed by atoms with E-state index < -0.39 is 0 Å². The van der Waals surface area contributed by atoms with E-state index in [0.29, 0.717) is 18.1 Å². The van der Waals surface area contributed by atoms with E-state index in [-0.39, 0.29) is 18.0 Å². The lowest BCUT2D eigenvalue weighted by molar-refractivity contribution is -0.116. The first-order valence-electron chi connectivity index (χ1n) is 11.1. The summed E-state index contributed by atoms with van der Waals surface area (Å²) >= 11 is 5.74. The van der Waals surface area contributed by atoms with Gasteiger partial charge in [0.1, 0.15) is 0 Å². The van der Waals surface area contributed by atoms with E-state index in [0.717, 1.165) is 22.8 Å². The Balaban J connectivity index is 1.44. The molecule has 0 saturated carbocycles. The summed E-state index contributed by atoms with van der Waals surface area (Å²) in [6, 6.07) is 23.1. The molecule has 0 aliphatic carbocycles. The monoisotopic (exact) mass is 468 g/mol. The standard InChI is InChI=1S/C26H24N6OS/c33-23(29-19-8-2-1-3-9-19)13-17-32-25(24(30-26(32)34)21-11-4-5-15-28-21)22-12-7-16-31(22)20-10-6-14-27-18-20/h1-12,14-16,18,24-25H,13,17H2,(H,29,33)(H,30,34)/t24-,25+/m0/s1. The van der Waals surface area contributed by atoms with Crippen LogP contribution in [0.3, 0.4) is 0 Å². The van der Waals surface area contributed by atoms with Crippen LogP contribution in [0.4, 0.5) is 5.69 Å². The Bertz CT molecular complexity index is 1260. The Morgan fingerprint density at radius 3 is 2.62 bits per heavy atom. The number of para-hydroxylation sites is 1. The van der Waals surface area contributed by atoms with Crippen LogP contribution in [0.5, 0.6) is 0 Å². The first kappa shape index (κ1) is 21.8. The third-order valence-electron chi connectivity index (χ3n) is 5.84. The van der Waals surface area contributed by atoms with Gasteiger partial charge in [0.25, 0.3) is 0 Å². The van der Waals surface area contributed by atoms with E-state index in [2.05, 4.69) is 36.1 Å². The first-order valence-corrected chi connectivity index (χ1v) is 11.5. The number of hydrogen-bond acceptors (Lipinski definition) is 4. The molecule has 1 saturated heterocycles. The summed E-state index contributed by atoms with van der Waals surface area (Å²) in [6.45, 7) is 0.469. The van der Waals surface area contributed by atoms with Crippen molar-refractivity contribution in [1.29, 1.82) is 0 Å². The molecule has 1 aliphatic rings. The van der Waals surface area contributed by atoms with E-state index >= 15 is 0 Å². The van der Waals surface area contributed by atoms with Gasteiger partial charge in [-0.05, 0) is 60.7 Å². The zero-order valence-electron chi connectivity index (χ0n) is 18.4. The normalized spacial score (nSPS) is 17.4. The van der Waals surface area contributed by atoms with Crippen molar-refractivity contribution in [2.24, 2.45) is 0 Å². The lowest BCUT2D eigenvalue weighted by Gasteiger charge is -2.28. The van der Waals surface area contributed by atoms with Gasteiger partial charge >= 0.3 is 0 Å². The number of amides is 1. The molecule has 7 nitrogen and oxygen atoms in total. The number of nitrogens with zero attached hydrogens (tertiary/aromatic N) is 4. The quantitative estimate of drug-likeness (QED) is 0.395. The van der Waals surface area contributed by atoms with E-state index in [9.17, 15) is 4.79 Å². The van der Waals surface area contributed by atoms with Gasteiger partial charge in [-0.15, -0.1) is 0 Å². The molecule has 0 unspecified atom stereocenters. The largest absolute Gasteiger partial charge is 0.352 e. The van der Waals surface area contributed by atoms with Gasteiger partial charge in [0, 0.05) is 42.9 Å².